The van der Waals surface area contributed by atoms with Crippen LogP contribution in [0.1, 0.15) is 32.6 Å². The molecule has 2 N–H and O–H groups in total. The van der Waals surface area contributed by atoms with E-state index in [4.69, 9.17) is 5.73 Å². The fraction of sp³-hybridized carbons (Fsp3) is 1.00. The highest BCUT2D eigenvalue weighted by Crippen LogP contribution is 1.95. The Morgan fingerprint density at radius 1 is 0.917 bits per heavy atom. The number of rotatable bonds is 4. The van der Waals surface area contributed by atoms with E-state index in [1.807, 2.05) is 0 Å². The summed E-state index contributed by atoms with van der Waals surface area (Å²) in [6.45, 7) is 3.07. The van der Waals surface area contributed by atoms with Gasteiger partial charge in [-0.2, -0.15) is 0 Å². The van der Waals surface area contributed by atoms with Crippen LogP contribution in [0.4, 0.5) is 0 Å². The Morgan fingerprint density at radius 3 is 1.58 bits per heavy atom. The van der Waals surface area contributed by atoms with Crippen LogP contribution in [0.5, 0.6) is 0 Å². The summed E-state index contributed by atoms with van der Waals surface area (Å²) in [5.41, 5.74) is 5.27. The molecule has 0 aliphatic carbocycles. The van der Waals surface area contributed by atoms with Gasteiger partial charge >= 0.3 is 0 Å². The standard InChI is InChI=1S/C6H15N.C4H12N/c1-2-3-4-5-6-7;1-5(2,3)4/h2-7H2,1H3;1-4H3/q;+1. The van der Waals surface area contributed by atoms with Crippen LogP contribution in [0, 0.1) is 0 Å². The quantitative estimate of drug-likeness (QED) is 0.512. The van der Waals surface area contributed by atoms with Crippen molar-refractivity contribution in [2.45, 2.75) is 32.6 Å². The number of nitrogens with zero attached hydrogens (tertiary/aromatic N) is 1. The zero-order valence-electron chi connectivity index (χ0n) is 9.56. The van der Waals surface area contributed by atoms with Crippen molar-refractivity contribution < 1.29 is 4.48 Å². The van der Waals surface area contributed by atoms with Gasteiger partial charge in [-0.05, 0) is 13.0 Å². The van der Waals surface area contributed by atoms with Gasteiger partial charge < -0.3 is 10.2 Å². The van der Waals surface area contributed by atoms with Gasteiger partial charge in [0.2, 0.25) is 0 Å². The first-order valence-electron chi connectivity index (χ1n) is 4.90. The Morgan fingerprint density at radius 2 is 1.33 bits per heavy atom. The summed E-state index contributed by atoms with van der Waals surface area (Å²) in [6, 6.07) is 0. The predicted octanol–water partition coefficient (Wildman–Crippen LogP) is 1.85. The monoisotopic (exact) mass is 175 g/mol. The van der Waals surface area contributed by atoms with E-state index in [-0.39, 0.29) is 0 Å². The molecule has 0 aromatic carbocycles. The summed E-state index contributed by atoms with van der Waals surface area (Å²) in [6.07, 6.45) is 5.16. The molecule has 0 aromatic rings. The number of quaternary nitrogens is 1. The molecule has 2 heteroatoms. The molecule has 0 aliphatic heterocycles. The van der Waals surface area contributed by atoms with Crippen LogP contribution < -0.4 is 5.73 Å². The van der Waals surface area contributed by atoms with Crippen molar-refractivity contribution >= 4 is 0 Å². The van der Waals surface area contributed by atoms with Crippen molar-refractivity contribution in [3.05, 3.63) is 0 Å². The van der Waals surface area contributed by atoms with Gasteiger partial charge in [-0.1, -0.05) is 26.2 Å². The zero-order valence-corrected chi connectivity index (χ0v) is 9.56. The van der Waals surface area contributed by atoms with Crippen molar-refractivity contribution in [1.29, 1.82) is 0 Å². The van der Waals surface area contributed by atoms with Crippen molar-refractivity contribution in [2.75, 3.05) is 34.7 Å². The van der Waals surface area contributed by atoms with E-state index in [9.17, 15) is 0 Å². The second-order valence-electron chi connectivity index (χ2n) is 4.53. The smallest absolute Gasteiger partial charge is 0.0675 e. The third-order valence-corrected chi connectivity index (χ3v) is 1.06. The lowest BCUT2D eigenvalue weighted by atomic mass is 10.2. The van der Waals surface area contributed by atoms with Crippen LogP contribution in [-0.4, -0.2) is 39.2 Å². The number of hydrogen-bond donors (Lipinski definition) is 1. The van der Waals surface area contributed by atoms with Crippen molar-refractivity contribution in [3.63, 3.8) is 0 Å². The average Bonchev–Trinajstić information content (AvgIpc) is 1.85. The van der Waals surface area contributed by atoms with Crippen LogP contribution >= 0.6 is 0 Å². The maximum atomic E-state index is 5.27. The number of hydrogen-bond acceptors (Lipinski definition) is 1. The summed E-state index contributed by atoms with van der Waals surface area (Å²) in [7, 11) is 8.50. The first kappa shape index (κ1) is 14.4. The topological polar surface area (TPSA) is 26.0 Å². The Hall–Kier alpha value is -0.0800. The molecule has 0 saturated carbocycles. The fourth-order valence-electron chi connectivity index (χ4n) is 0.571. The second kappa shape index (κ2) is 9.01. The summed E-state index contributed by atoms with van der Waals surface area (Å²) in [5.74, 6) is 0. The van der Waals surface area contributed by atoms with Gasteiger partial charge in [0.05, 0.1) is 28.2 Å². The summed E-state index contributed by atoms with van der Waals surface area (Å²) in [4.78, 5) is 0. The van der Waals surface area contributed by atoms with Gasteiger partial charge in [0.1, 0.15) is 0 Å². The molecule has 0 radical (unpaired) electrons. The van der Waals surface area contributed by atoms with Crippen LogP contribution in [0.2, 0.25) is 0 Å². The van der Waals surface area contributed by atoms with Crippen LogP contribution in [0.3, 0.4) is 0 Å². The van der Waals surface area contributed by atoms with E-state index >= 15 is 0 Å². The lowest BCUT2D eigenvalue weighted by molar-refractivity contribution is -0.849. The minimum absolute atomic E-state index is 0.861. The zero-order chi connectivity index (χ0) is 10.0. The molecule has 2 nitrogen and oxygen atoms in total. The van der Waals surface area contributed by atoms with Crippen LogP contribution in [0.25, 0.3) is 0 Å². The van der Waals surface area contributed by atoms with E-state index < -0.39 is 0 Å². The first-order chi connectivity index (χ1) is 5.41. The molecule has 0 amide bonds. The Labute approximate surface area is 78.3 Å². The molecule has 76 valence electrons. The van der Waals surface area contributed by atoms with Crippen LogP contribution in [-0.2, 0) is 0 Å². The Bertz CT molecular complexity index is 64.4. The van der Waals surface area contributed by atoms with E-state index in [1.165, 1.54) is 25.7 Å². The summed E-state index contributed by atoms with van der Waals surface area (Å²) < 4.78 is 1.00. The molecule has 12 heavy (non-hydrogen) atoms. The van der Waals surface area contributed by atoms with Gasteiger partial charge in [-0.15, -0.1) is 0 Å². The molecule has 0 aromatic heterocycles. The van der Waals surface area contributed by atoms with E-state index in [0.717, 1.165) is 11.0 Å². The molecule has 0 unspecified atom stereocenters. The molecule has 0 heterocycles. The molecule has 0 rings (SSSR count). The highest BCUT2D eigenvalue weighted by atomic mass is 15.2. The van der Waals surface area contributed by atoms with Gasteiger partial charge in [-0.25, -0.2) is 0 Å². The molecule has 0 spiro atoms. The molecule has 0 aliphatic rings. The lowest BCUT2D eigenvalue weighted by Crippen LogP contribution is -2.27. The average molecular weight is 175 g/mol. The normalized spacial score (nSPS) is 10.5. The molecule has 0 saturated heterocycles. The van der Waals surface area contributed by atoms with E-state index in [0.29, 0.717) is 0 Å². The van der Waals surface area contributed by atoms with Gasteiger partial charge in [-0.3, -0.25) is 0 Å². The Balaban J connectivity index is 0. The molecular weight excluding hydrogens is 148 g/mol. The third kappa shape index (κ3) is 51.4. The van der Waals surface area contributed by atoms with Crippen molar-refractivity contribution in [3.8, 4) is 0 Å². The van der Waals surface area contributed by atoms with Gasteiger partial charge in [0, 0.05) is 0 Å². The molecule has 0 atom stereocenters. The molecular formula is C10H27N2+. The largest absolute Gasteiger partial charge is 0.333 e. The highest BCUT2D eigenvalue weighted by Gasteiger charge is 1.88. The fourth-order valence-corrected chi connectivity index (χ4v) is 0.571. The molecule has 0 bridgehead atoms. The predicted molar refractivity (Wildman–Crippen MR) is 57.2 cm³/mol. The summed E-state index contributed by atoms with van der Waals surface area (Å²) in [5, 5.41) is 0. The van der Waals surface area contributed by atoms with Crippen LogP contribution in [0.15, 0.2) is 0 Å². The molecule has 0 fully saturated rings. The number of nitrogens with two attached hydrogens (primary N) is 1. The maximum absolute atomic E-state index is 5.27. The lowest BCUT2D eigenvalue weighted by Gasteiger charge is -2.14. The minimum atomic E-state index is 0.861. The van der Waals surface area contributed by atoms with Gasteiger partial charge in [0.25, 0.3) is 0 Å². The van der Waals surface area contributed by atoms with Crippen molar-refractivity contribution in [2.24, 2.45) is 5.73 Å². The summed E-state index contributed by atoms with van der Waals surface area (Å²) >= 11 is 0. The Kier molecular flexibility index (Phi) is 10.8. The van der Waals surface area contributed by atoms with E-state index in [1.54, 1.807) is 0 Å². The minimum Gasteiger partial charge on any atom is -0.333 e. The SMILES string of the molecule is CCCCCCN.C[N+](C)(C)C. The first-order valence-corrected chi connectivity index (χ1v) is 4.90. The number of unbranched alkanes of at least 4 members (excludes halogenated alkanes) is 3. The van der Waals surface area contributed by atoms with E-state index in [2.05, 4.69) is 35.1 Å². The highest BCUT2D eigenvalue weighted by molar-refractivity contribution is 4.38. The third-order valence-electron chi connectivity index (χ3n) is 1.06. The van der Waals surface area contributed by atoms with Crippen molar-refractivity contribution in [1.82, 2.24) is 0 Å². The van der Waals surface area contributed by atoms with Gasteiger partial charge in [0.15, 0.2) is 0 Å². The maximum Gasteiger partial charge on any atom is 0.0675 e. The second-order valence-corrected chi connectivity index (χ2v) is 4.53.